The molecule has 0 aromatic carbocycles. The van der Waals surface area contributed by atoms with Gasteiger partial charge in [0.25, 0.3) is 0 Å². The molecular weight excluding hydrogens is 304 g/mol. The van der Waals surface area contributed by atoms with Crippen LogP contribution in [0.2, 0.25) is 0 Å². The van der Waals surface area contributed by atoms with E-state index in [1.165, 1.54) is 28.2 Å². The highest BCUT2D eigenvalue weighted by atomic mass is 35.5. The number of rotatable bonds is 3. The summed E-state index contributed by atoms with van der Waals surface area (Å²) in [5.74, 6) is 1.31. The van der Waals surface area contributed by atoms with Crippen LogP contribution in [0.1, 0.15) is 47.5 Å². The van der Waals surface area contributed by atoms with Gasteiger partial charge in [0.1, 0.15) is 0 Å². The van der Waals surface area contributed by atoms with Gasteiger partial charge >= 0.3 is 0 Å². The van der Waals surface area contributed by atoms with Crippen molar-refractivity contribution >= 4 is 29.7 Å². The molecule has 21 heavy (non-hydrogen) atoms. The van der Waals surface area contributed by atoms with Gasteiger partial charge in [0, 0.05) is 15.8 Å². The second kappa shape index (κ2) is 6.27. The molecule has 2 saturated carbocycles. The molecule has 2 aliphatic rings. The molecule has 3 nitrogen and oxygen atoms in total. The Labute approximate surface area is 137 Å². The van der Waals surface area contributed by atoms with Crippen LogP contribution in [0.15, 0.2) is 6.07 Å². The fourth-order valence-corrected chi connectivity index (χ4v) is 5.21. The zero-order chi connectivity index (χ0) is 14.4. The van der Waals surface area contributed by atoms with Gasteiger partial charge in [0.05, 0.1) is 12.0 Å². The molecule has 3 rings (SSSR count). The lowest BCUT2D eigenvalue weighted by Gasteiger charge is -2.28. The largest absolute Gasteiger partial charge is 0.349 e. The van der Waals surface area contributed by atoms with E-state index in [1.54, 1.807) is 11.3 Å². The molecule has 0 saturated heterocycles. The van der Waals surface area contributed by atoms with Crippen molar-refractivity contribution in [3.8, 4) is 0 Å². The van der Waals surface area contributed by atoms with E-state index in [9.17, 15) is 4.79 Å². The number of fused-ring (bicyclic) bond motifs is 2. The highest BCUT2D eigenvalue weighted by molar-refractivity contribution is 7.12. The lowest BCUT2D eigenvalue weighted by molar-refractivity contribution is -0.127. The fraction of sp³-hybridized carbons (Fsp3) is 0.688. The van der Waals surface area contributed by atoms with E-state index >= 15 is 0 Å². The Kier molecular flexibility index (Phi) is 5.01. The molecule has 5 unspecified atom stereocenters. The summed E-state index contributed by atoms with van der Waals surface area (Å²) >= 11 is 1.79. The van der Waals surface area contributed by atoms with Gasteiger partial charge in [-0.1, -0.05) is 0 Å². The van der Waals surface area contributed by atoms with E-state index in [-0.39, 0.29) is 36.3 Å². The monoisotopic (exact) mass is 328 g/mol. The second-order valence-corrected chi connectivity index (χ2v) is 8.00. The highest BCUT2D eigenvalue weighted by Crippen LogP contribution is 2.47. The molecule has 0 aliphatic heterocycles. The zero-order valence-electron chi connectivity index (χ0n) is 12.9. The molecule has 2 aliphatic carbocycles. The van der Waals surface area contributed by atoms with Gasteiger partial charge in [0.2, 0.25) is 5.91 Å². The van der Waals surface area contributed by atoms with Gasteiger partial charge in [-0.3, -0.25) is 4.79 Å². The van der Waals surface area contributed by atoms with Crippen LogP contribution in [0, 0.1) is 31.6 Å². The van der Waals surface area contributed by atoms with Crippen molar-refractivity contribution in [1.82, 2.24) is 5.32 Å². The van der Waals surface area contributed by atoms with E-state index in [0.29, 0.717) is 11.8 Å². The van der Waals surface area contributed by atoms with Crippen LogP contribution in [-0.4, -0.2) is 11.9 Å². The Morgan fingerprint density at radius 3 is 2.57 bits per heavy atom. The molecule has 2 fully saturated rings. The van der Waals surface area contributed by atoms with Crippen LogP contribution in [0.25, 0.3) is 0 Å². The third kappa shape index (κ3) is 2.99. The number of hydrogen-bond donors (Lipinski definition) is 2. The standard InChI is InChI=1S/C16H24N2OS.ClH/c1-8-6-13(10(3)20-8)9(2)18-16(19)14-11-4-5-12(7-11)15(14)17;/h6,9,11-12,14-15H,4-5,7,17H2,1-3H3,(H,18,19);1H. The summed E-state index contributed by atoms with van der Waals surface area (Å²) in [4.78, 5) is 15.2. The normalized spacial score (nSPS) is 31.8. The fourth-order valence-electron chi connectivity index (χ4n) is 4.19. The average Bonchev–Trinajstić information content (AvgIpc) is 3.03. The van der Waals surface area contributed by atoms with Crippen LogP contribution in [0.3, 0.4) is 0 Å². The average molecular weight is 329 g/mol. The first-order chi connectivity index (χ1) is 9.47. The first kappa shape index (κ1) is 16.8. The van der Waals surface area contributed by atoms with Crippen LogP contribution in [0.4, 0.5) is 0 Å². The molecule has 0 spiro atoms. The predicted octanol–water partition coefficient (Wildman–Crippen LogP) is 3.34. The van der Waals surface area contributed by atoms with Crippen molar-refractivity contribution < 1.29 is 4.79 Å². The quantitative estimate of drug-likeness (QED) is 0.894. The van der Waals surface area contributed by atoms with E-state index in [1.807, 2.05) is 0 Å². The van der Waals surface area contributed by atoms with Crippen LogP contribution in [-0.2, 0) is 4.79 Å². The maximum atomic E-state index is 12.6. The zero-order valence-corrected chi connectivity index (χ0v) is 14.5. The van der Waals surface area contributed by atoms with Crippen molar-refractivity contribution in [2.24, 2.45) is 23.5 Å². The van der Waals surface area contributed by atoms with Gasteiger partial charge < -0.3 is 11.1 Å². The Balaban J connectivity index is 0.00000161. The highest BCUT2D eigenvalue weighted by Gasteiger charge is 2.49. The van der Waals surface area contributed by atoms with Gasteiger partial charge in [-0.05, 0) is 63.5 Å². The molecule has 0 radical (unpaired) electrons. The number of amides is 1. The molecule has 1 aromatic heterocycles. The summed E-state index contributed by atoms with van der Waals surface area (Å²) < 4.78 is 0. The lowest BCUT2D eigenvalue weighted by atomic mass is 9.84. The van der Waals surface area contributed by atoms with Crippen molar-refractivity contribution in [1.29, 1.82) is 0 Å². The number of hydrogen-bond acceptors (Lipinski definition) is 3. The van der Waals surface area contributed by atoms with Crippen LogP contribution >= 0.6 is 23.7 Å². The lowest BCUT2D eigenvalue weighted by Crippen LogP contribution is -2.45. The van der Waals surface area contributed by atoms with Crippen molar-refractivity contribution in [2.75, 3.05) is 0 Å². The van der Waals surface area contributed by atoms with E-state index in [4.69, 9.17) is 5.73 Å². The van der Waals surface area contributed by atoms with E-state index in [2.05, 4.69) is 32.2 Å². The number of nitrogens with two attached hydrogens (primary N) is 1. The second-order valence-electron chi connectivity index (χ2n) is 6.54. The molecule has 5 heteroatoms. The SMILES string of the molecule is Cc1cc(C(C)NC(=O)C2C3CCC(C3)C2N)c(C)s1.Cl. The Morgan fingerprint density at radius 2 is 2.05 bits per heavy atom. The third-order valence-corrected chi connectivity index (χ3v) is 6.17. The first-order valence-corrected chi connectivity index (χ1v) is 8.42. The molecule has 2 bridgehead atoms. The minimum atomic E-state index is 0. The van der Waals surface area contributed by atoms with E-state index < -0.39 is 0 Å². The van der Waals surface area contributed by atoms with Crippen LogP contribution < -0.4 is 11.1 Å². The molecule has 118 valence electrons. The Morgan fingerprint density at radius 1 is 1.38 bits per heavy atom. The molecule has 1 heterocycles. The Hall–Kier alpha value is -0.580. The number of aryl methyl sites for hydroxylation is 2. The number of carbonyl (C=O) groups is 1. The molecule has 1 amide bonds. The summed E-state index contributed by atoms with van der Waals surface area (Å²) in [5, 5.41) is 3.20. The summed E-state index contributed by atoms with van der Waals surface area (Å²) in [6.45, 7) is 6.31. The summed E-state index contributed by atoms with van der Waals surface area (Å²) in [6.07, 6.45) is 3.56. The van der Waals surface area contributed by atoms with Crippen molar-refractivity contribution in [3.63, 3.8) is 0 Å². The number of carbonyl (C=O) groups excluding carboxylic acids is 1. The maximum absolute atomic E-state index is 12.6. The number of halogens is 1. The molecule has 1 aromatic rings. The summed E-state index contributed by atoms with van der Waals surface area (Å²) in [6, 6.07) is 2.34. The molecule has 5 atom stereocenters. The van der Waals surface area contributed by atoms with Crippen LogP contribution in [0.5, 0.6) is 0 Å². The number of nitrogens with one attached hydrogen (secondary N) is 1. The predicted molar refractivity (Wildman–Crippen MR) is 89.9 cm³/mol. The minimum Gasteiger partial charge on any atom is -0.349 e. The summed E-state index contributed by atoms with van der Waals surface area (Å²) in [5.41, 5.74) is 7.50. The Bertz CT molecular complexity index is 528. The topological polar surface area (TPSA) is 55.1 Å². The van der Waals surface area contributed by atoms with Crippen molar-refractivity contribution in [3.05, 3.63) is 21.4 Å². The van der Waals surface area contributed by atoms with E-state index in [0.717, 1.165) is 6.42 Å². The maximum Gasteiger partial charge on any atom is 0.225 e. The number of thiophene rings is 1. The van der Waals surface area contributed by atoms with Gasteiger partial charge in [-0.2, -0.15) is 0 Å². The minimum absolute atomic E-state index is 0. The molecular formula is C16H25ClN2OS. The van der Waals surface area contributed by atoms with Gasteiger partial charge in [0.15, 0.2) is 0 Å². The summed E-state index contributed by atoms with van der Waals surface area (Å²) in [7, 11) is 0. The van der Waals surface area contributed by atoms with Gasteiger partial charge in [-0.15, -0.1) is 23.7 Å². The first-order valence-electron chi connectivity index (χ1n) is 7.60. The third-order valence-electron chi connectivity index (χ3n) is 5.19. The molecule has 3 N–H and O–H groups in total. The van der Waals surface area contributed by atoms with Crippen molar-refractivity contribution in [2.45, 2.75) is 52.1 Å². The van der Waals surface area contributed by atoms with Gasteiger partial charge in [-0.25, -0.2) is 0 Å². The smallest absolute Gasteiger partial charge is 0.225 e.